The summed E-state index contributed by atoms with van der Waals surface area (Å²) < 4.78 is 13.1. The highest BCUT2D eigenvalue weighted by atomic mass is 35.5. The van der Waals surface area contributed by atoms with E-state index in [9.17, 15) is 14.0 Å². The number of carbonyl (C=O) groups excluding carboxylic acids is 2. The number of benzene rings is 2. The molecule has 0 aliphatic heterocycles. The van der Waals surface area contributed by atoms with Gasteiger partial charge in [-0.1, -0.05) is 53.7 Å². The minimum absolute atomic E-state index is 0.0105. The van der Waals surface area contributed by atoms with Crippen LogP contribution >= 0.6 is 23.4 Å². The molecule has 9 heteroatoms. The lowest BCUT2D eigenvalue weighted by Crippen LogP contribution is -2.45. The van der Waals surface area contributed by atoms with Crippen LogP contribution in [0.1, 0.15) is 16.1 Å². The summed E-state index contributed by atoms with van der Waals surface area (Å²) in [5.74, 6) is -1.45. The molecule has 0 unspecified atom stereocenters. The Morgan fingerprint density at radius 2 is 1.83 bits per heavy atom. The Balaban J connectivity index is 1.82. The maximum Gasteiger partial charge on any atom is 0.272 e. The van der Waals surface area contributed by atoms with Crippen molar-refractivity contribution in [2.75, 3.05) is 11.6 Å². The van der Waals surface area contributed by atoms with Gasteiger partial charge in [0, 0.05) is 12.1 Å². The van der Waals surface area contributed by atoms with E-state index in [1.807, 2.05) is 30.3 Å². The largest absolute Gasteiger partial charge is 0.338 e. The summed E-state index contributed by atoms with van der Waals surface area (Å²) in [6.07, 6.45) is 3.37. The zero-order valence-electron chi connectivity index (χ0n) is 15.9. The third-order valence-electron chi connectivity index (χ3n) is 4.14. The van der Waals surface area contributed by atoms with Crippen molar-refractivity contribution in [1.82, 2.24) is 15.3 Å². The fourth-order valence-electron chi connectivity index (χ4n) is 2.66. The Kier molecular flexibility index (Phi) is 7.37. The molecule has 154 valence electrons. The first-order valence-corrected chi connectivity index (χ1v) is 10.5. The number of aromatic nitrogens is 2. The fraction of sp³-hybridized carbons (Fsp3) is 0.143. The van der Waals surface area contributed by atoms with E-state index in [-0.39, 0.29) is 17.1 Å². The fourth-order valence-corrected chi connectivity index (χ4v) is 3.17. The highest BCUT2D eigenvalue weighted by Crippen LogP contribution is 2.17. The van der Waals surface area contributed by atoms with E-state index in [0.717, 1.165) is 5.56 Å². The van der Waals surface area contributed by atoms with E-state index in [2.05, 4.69) is 20.6 Å². The molecule has 2 aromatic carbocycles. The number of halogens is 2. The number of nitrogens with zero attached hydrogens (tertiary/aromatic N) is 2. The van der Waals surface area contributed by atoms with Crippen molar-refractivity contribution in [2.45, 2.75) is 17.6 Å². The highest BCUT2D eigenvalue weighted by Gasteiger charge is 2.24. The SMILES string of the molecule is CSc1ncc(Cl)c(C(=O)N[C@@H](Cc2ccccc2)C(=O)Nc2ccc(F)cc2)n1. The molecule has 6 nitrogen and oxygen atoms in total. The topological polar surface area (TPSA) is 84.0 Å². The van der Waals surface area contributed by atoms with Crippen LogP contribution in [0.25, 0.3) is 0 Å². The second-order valence-corrected chi connectivity index (χ2v) is 7.45. The van der Waals surface area contributed by atoms with Crippen LogP contribution in [0.15, 0.2) is 66.0 Å². The van der Waals surface area contributed by atoms with Crippen molar-refractivity contribution < 1.29 is 14.0 Å². The number of nitrogens with one attached hydrogen (secondary N) is 2. The molecule has 0 bridgehead atoms. The number of rotatable bonds is 7. The molecule has 3 rings (SSSR count). The standard InChI is InChI=1S/C21H18ClFN4O2S/c1-30-21-24-12-16(22)18(27-21)20(29)26-17(11-13-5-3-2-4-6-13)19(28)25-15-9-7-14(23)8-10-15/h2-10,12,17H,11H2,1H3,(H,25,28)(H,26,29)/t17-/m0/s1. The normalized spacial score (nSPS) is 11.6. The van der Waals surface area contributed by atoms with Crippen LogP contribution < -0.4 is 10.6 Å². The van der Waals surface area contributed by atoms with Crippen molar-refractivity contribution in [3.63, 3.8) is 0 Å². The molecule has 0 saturated carbocycles. The van der Waals surface area contributed by atoms with Crippen molar-refractivity contribution in [2.24, 2.45) is 0 Å². The van der Waals surface area contributed by atoms with Gasteiger partial charge in [0.1, 0.15) is 11.9 Å². The molecule has 0 fully saturated rings. The van der Waals surface area contributed by atoms with E-state index in [0.29, 0.717) is 10.8 Å². The molecule has 2 N–H and O–H groups in total. The van der Waals surface area contributed by atoms with Gasteiger partial charge in [0.15, 0.2) is 10.9 Å². The minimum atomic E-state index is -0.909. The van der Waals surface area contributed by atoms with Crippen LogP contribution in [-0.4, -0.2) is 34.1 Å². The molecule has 30 heavy (non-hydrogen) atoms. The van der Waals surface area contributed by atoms with E-state index < -0.39 is 23.7 Å². The molecule has 1 atom stereocenters. The van der Waals surface area contributed by atoms with Crippen molar-refractivity contribution in [1.29, 1.82) is 0 Å². The Bertz CT molecular complexity index is 1030. The third-order valence-corrected chi connectivity index (χ3v) is 4.97. The number of amides is 2. The van der Waals surface area contributed by atoms with E-state index >= 15 is 0 Å². The quantitative estimate of drug-likeness (QED) is 0.425. The molecule has 0 spiro atoms. The monoisotopic (exact) mass is 444 g/mol. The van der Waals surface area contributed by atoms with Crippen molar-refractivity contribution >= 4 is 40.9 Å². The maximum absolute atomic E-state index is 13.1. The Labute approximate surface area is 182 Å². The van der Waals surface area contributed by atoms with Gasteiger partial charge >= 0.3 is 0 Å². The predicted octanol–water partition coefficient (Wildman–Crippen LogP) is 3.97. The molecule has 0 aliphatic carbocycles. The van der Waals surface area contributed by atoms with Gasteiger partial charge in [0.05, 0.1) is 11.2 Å². The summed E-state index contributed by atoms with van der Waals surface area (Å²) in [7, 11) is 0. The molecule has 1 aromatic heterocycles. The summed E-state index contributed by atoms with van der Waals surface area (Å²) in [5.41, 5.74) is 1.26. The zero-order chi connectivity index (χ0) is 21.5. The molecule has 1 heterocycles. The van der Waals surface area contributed by atoms with E-state index in [1.54, 1.807) is 6.26 Å². The number of hydrogen-bond acceptors (Lipinski definition) is 5. The van der Waals surface area contributed by atoms with Crippen LogP contribution in [0.4, 0.5) is 10.1 Å². The predicted molar refractivity (Wildman–Crippen MR) is 115 cm³/mol. The average Bonchev–Trinajstić information content (AvgIpc) is 2.76. The lowest BCUT2D eigenvalue weighted by molar-refractivity contribution is -0.118. The van der Waals surface area contributed by atoms with Crippen LogP contribution in [0, 0.1) is 5.82 Å². The van der Waals surface area contributed by atoms with Gasteiger partial charge in [-0.15, -0.1) is 0 Å². The highest BCUT2D eigenvalue weighted by molar-refractivity contribution is 7.98. The summed E-state index contributed by atoms with van der Waals surface area (Å²) >= 11 is 7.35. The van der Waals surface area contributed by atoms with Crippen LogP contribution in [0.2, 0.25) is 5.02 Å². The molecule has 2 amide bonds. The summed E-state index contributed by atoms with van der Waals surface area (Å²) in [6.45, 7) is 0. The molecular weight excluding hydrogens is 427 g/mol. The van der Waals surface area contributed by atoms with Crippen molar-refractivity contribution in [3.05, 3.63) is 82.9 Å². The molecule has 0 radical (unpaired) electrons. The number of thioether (sulfide) groups is 1. The van der Waals surface area contributed by atoms with Gasteiger partial charge in [0.2, 0.25) is 5.91 Å². The van der Waals surface area contributed by atoms with Gasteiger partial charge in [-0.25, -0.2) is 14.4 Å². The minimum Gasteiger partial charge on any atom is -0.338 e. The van der Waals surface area contributed by atoms with Crippen LogP contribution in [0.5, 0.6) is 0 Å². The lowest BCUT2D eigenvalue weighted by Gasteiger charge is -2.19. The summed E-state index contributed by atoms with van der Waals surface area (Å²) in [5, 5.41) is 5.86. The van der Waals surface area contributed by atoms with Gasteiger partial charge in [0.25, 0.3) is 5.91 Å². The second-order valence-electron chi connectivity index (χ2n) is 6.27. The average molecular weight is 445 g/mol. The molecule has 3 aromatic rings. The van der Waals surface area contributed by atoms with Gasteiger partial charge in [-0.05, 0) is 36.1 Å². The molecule has 0 aliphatic rings. The zero-order valence-corrected chi connectivity index (χ0v) is 17.5. The lowest BCUT2D eigenvalue weighted by atomic mass is 10.0. The Morgan fingerprint density at radius 3 is 2.50 bits per heavy atom. The van der Waals surface area contributed by atoms with Gasteiger partial charge in [-0.2, -0.15) is 0 Å². The Morgan fingerprint density at radius 1 is 1.13 bits per heavy atom. The first-order chi connectivity index (χ1) is 14.5. The summed E-state index contributed by atoms with van der Waals surface area (Å²) in [4.78, 5) is 33.9. The van der Waals surface area contributed by atoms with Crippen LogP contribution in [0.3, 0.4) is 0 Å². The number of carbonyl (C=O) groups is 2. The smallest absolute Gasteiger partial charge is 0.272 e. The maximum atomic E-state index is 13.1. The van der Waals surface area contributed by atoms with Gasteiger partial charge in [-0.3, -0.25) is 9.59 Å². The molecule has 0 saturated heterocycles. The van der Waals surface area contributed by atoms with E-state index in [1.165, 1.54) is 42.2 Å². The first-order valence-electron chi connectivity index (χ1n) is 8.94. The van der Waals surface area contributed by atoms with Gasteiger partial charge < -0.3 is 10.6 Å². The summed E-state index contributed by atoms with van der Waals surface area (Å²) in [6, 6.07) is 13.7. The van der Waals surface area contributed by atoms with Crippen molar-refractivity contribution in [3.8, 4) is 0 Å². The Hall–Kier alpha value is -2.97. The van der Waals surface area contributed by atoms with E-state index in [4.69, 9.17) is 11.6 Å². The number of hydrogen-bond donors (Lipinski definition) is 2. The first kappa shape index (κ1) is 21.7. The number of anilines is 1. The van der Waals surface area contributed by atoms with Crippen LogP contribution in [-0.2, 0) is 11.2 Å². The third kappa shape index (κ3) is 5.77. The molecular formula is C21H18ClFN4O2S. The second kappa shape index (κ2) is 10.2.